The van der Waals surface area contributed by atoms with Crippen LogP contribution in [0.15, 0.2) is 12.1 Å². The Morgan fingerprint density at radius 2 is 1.89 bits per heavy atom. The second kappa shape index (κ2) is 9.25. The molecule has 27 heavy (non-hydrogen) atoms. The minimum absolute atomic E-state index is 0.141. The van der Waals surface area contributed by atoms with Crippen LogP contribution in [0.1, 0.15) is 43.4 Å². The summed E-state index contributed by atoms with van der Waals surface area (Å²) in [5, 5.41) is 11.9. The molecule has 1 unspecified atom stereocenters. The van der Waals surface area contributed by atoms with E-state index >= 15 is 0 Å². The Morgan fingerprint density at radius 1 is 1.22 bits per heavy atom. The Kier molecular flexibility index (Phi) is 7.04. The van der Waals surface area contributed by atoms with Crippen LogP contribution in [0, 0.1) is 0 Å². The van der Waals surface area contributed by atoms with Gasteiger partial charge in [-0.05, 0) is 36.1 Å². The van der Waals surface area contributed by atoms with Crippen molar-refractivity contribution >= 4 is 17.8 Å². The molecule has 1 aliphatic heterocycles. The van der Waals surface area contributed by atoms with E-state index in [2.05, 4.69) is 5.32 Å². The predicted molar refractivity (Wildman–Crippen MR) is 97.9 cm³/mol. The molecule has 2 amide bonds. The van der Waals surface area contributed by atoms with Crippen molar-refractivity contribution in [1.29, 1.82) is 0 Å². The quantitative estimate of drug-likeness (QED) is 0.711. The SMILES string of the molecule is CCCC(=O)NCC(=O)N1CCc2cc(OC)c(OC)cc2C1CC(=O)O. The van der Waals surface area contributed by atoms with Gasteiger partial charge in [0.05, 0.1) is 33.2 Å². The van der Waals surface area contributed by atoms with Gasteiger partial charge in [0.2, 0.25) is 11.8 Å². The van der Waals surface area contributed by atoms with Gasteiger partial charge in [-0.15, -0.1) is 0 Å². The molecular formula is C19H26N2O6. The molecule has 0 saturated heterocycles. The van der Waals surface area contributed by atoms with Crippen LogP contribution in [0.5, 0.6) is 11.5 Å². The van der Waals surface area contributed by atoms with Gasteiger partial charge in [-0.25, -0.2) is 0 Å². The van der Waals surface area contributed by atoms with Crippen molar-refractivity contribution in [1.82, 2.24) is 10.2 Å². The normalized spacial score (nSPS) is 15.7. The third kappa shape index (κ3) is 4.90. The average molecular weight is 378 g/mol. The Balaban J connectivity index is 2.28. The first-order chi connectivity index (χ1) is 12.9. The molecule has 1 aromatic carbocycles. The first-order valence-electron chi connectivity index (χ1n) is 8.94. The number of nitrogens with zero attached hydrogens (tertiary/aromatic N) is 1. The number of rotatable bonds is 8. The number of benzene rings is 1. The maximum absolute atomic E-state index is 12.6. The number of aliphatic carboxylic acids is 1. The molecule has 0 bridgehead atoms. The second-order valence-electron chi connectivity index (χ2n) is 6.38. The minimum atomic E-state index is -1.00. The molecule has 0 radical (unpaired) electrons. The van der Waals surface area contributed by atoms with Gasteiger partial charge in [0.1, 0.15) is 0 Å². The van der Waals surface area contributed by atoms with Crippen LogP contribution in [0.4, 0.5) is 0 Å². The Labute approximate surface area is 158 Å². The molecule has 1 heterocycles. The van der Waals surface area contributed by atoms with Gasteiger partial charge in [-0.3, -0.25) is 14.4 Å². The molecule has 1 aliphatic rings. The predicted octanol–water partition coefficient (Wildman–Crippen LogP) is 1.52. The molecule has 148 valence electrons. The van der Waals surface area contributed by atoms with E-state index in [-0.39, 0.29) is 24.8 Å². The molecule has 1 aromatic rings. The summed E-state index contributed by atoms with van der Waals surface area (Å²) in [6, 6.07) is 2.94. The molecule has 0 aliphatic carbocycles. The summed E-state index contributed by atoms with van der Waals surface area (Å²) in [6.07, 6.45) is 1.39. The largest absolute Gasteiger partial charge is 0.493 e. The van der Waals surface area contributed by atoms with E-state index in [1.807, 2.05) is 13.0 Å². The van der Waals surface area contributed by atoms with Gasteiger partial charge in [0, 0.05) is 13.0 Å². The summed E-state index contributed by atoms with van der Waals surface area (Å²) in [4.78, 5) is 37.2. The van der Waals surface area contributed by atoms with E-state index in [4.69, 9.17) is 9.47 Å². The molecule has 0 fully saturated rings. The highest BCUT2D eigenvalue weighted by molar-refractivity contribution is 5.85. The highest BCUT2D eigenvalue weighted by Crippen LogP contribution is 2.39. The van der Waals surface area contributed by atoms with E-state index in [1.54, 1.807) is 6.07 Å². The maximum atomic E-state index is 12.6. The maximum Gasteiger partial charge on any atom is 0.305 e. The summed E-state index contributed by atoms with van der Waals surface area (Å²) in [5.74, 6) is -0.444. The Morgan fingerprint density at radius 3 is 2.48 bits per heavy atom. The van der Waals surface area contributed by atoms with Crippen molar-refractivity contribution < 1.29 is 29.0 Å². The van der Waals surface area contributed by atoms with Gasteiger partial charge < -0.3 is 24.8 Å². The molecular weight excluding hydrogens is 352 g/mol. The minimum Gasteiger partial charge on any atom is -0.493 e. The van der Waals surface area contributed by atoms with Crippen LogP contribution in [0.2, 0.25) is 0 Å². The van der Waals surface area contributed by atoms with Crippen LogP contribution in [0.25, 0.3) is 0 Å². The van der Waals surface area contributed by atoms with E-state index in [0.717, 1.165) is 11.1 Å². The number of carbonyl (C=O) groups is 3. The molecule has 8 nitrogen and oxygen atoms in total. The number of hydrogen-bond donors (Lipinski definition) is 2. The summed E-state index contributed by atoms with van der Waals surface area (Å²) in [5.41, 5.74) is 1.66. The number of amides is 2. The fraction of sp³-hybridized carbons (Fsp3) is 0.526. The lowest BCUT2D eigenvalue weighted by Crippen LogP contribution is -2.45. The van der Waals surface area contributed by atoms with Gasteiger partial charge >= 0.3 is 5.97 Å². The molecule has 2 N–H and O–H groups in total. The van der Waals surface area contributed by atoms with Crippen LogP contribution >= 0.6 is 0 Å². The van der Waals surface area contributed by atoms with Gasteiger partial charge in [-0.2, -0.15) is 0 Å². The number of nitrogens with one attached hydrogen (secondary N) is 1. The Bertz CT molecular complexity index is 718. The number of carbonyl (C=O) groups excluding carboxylic acids is 2. The van der Waals surface area contributed by atoms with E-state index in [9.17, 15) is 19.5 Å². The zero-order chi connectivity index (χ0) is 20.0. The summed E-state index contributed by atoms with van der Waals surface area (Å²) in [7, 11) is 3.04. The number of methoxy groups -OCH3 is 2. The first kappa shape index (κ1) is 20.5. The van der Waals surface area contributed by atoms with E-state index in [1.165, 1.54) is 19.1 Å². The zero-order valence-corrected chi connectivity index (χ0v) is 15.9. The first-order valence-corrected chi connectivity index (χ1v) is 8.94. The van der Waals surface area contributed by atoms with E-state index < -0.39 is 12.0 Å². The molecule has 0 spiro atoms. The fourth-order valence-corrected chi connectivity index (χ4v) is 3.30. The van der Waals surface area contributed by atoms with Crippen molar-refractivity contribution in [2.45, 2.75) is 38.6 Å². The molecule has 0 aromatic heterocycles. The smallest absolute Gasteiger partial charge is 0.305 e. The zero-order valence-electron chi connectivity index (χ0n) is 15.9. The third-order valence-electron chi connectivity index (χ3n) is 4.60. The number of carboxylic acid groups (broad SMARTS) is 1. The summed E-state index contributed by atoms with van der Waals surface area (Å²) < 4.78 is 10.6. The number of ether oxygens (including phenoxy) is 2. The molecule has 0 saturated carbocycles. The van der Waals surface area contributed by atoms with Crippen LogP contribution < -0.4 is 14.8 Å². The van der Waals surface area contributed by atoms with Gasteiger partial charge in [0.25, 0.3) is 0 Å². The van der Waals surface area contributed by atoms with Crippen molar-refractivity contribution in [3.05, 3.63) is 23.3 Å². The lowest BCUT2D eigenvalue weighted by molar-refractivity contribution is -0.141. The molecule has 2 rings (SSSR count). The Hall–Kier alpha value is -2.77. The summed E-state index contributed by atoms with van der Waals surface area (Å²) in [6.45, 7) is 2.12. The standard InChI is InChI=1S/C19H26N2O6/c1-4-5-17(22)20-11-18(23)21-7-6-12-8-15(26-2)16(27-3)9-13(12)14(21)10-19(24)25/h8-9,14H,4-7,10-11H2,1-3H3,(H,20,22)(H,24,25). The van der Waals surface area contributed by atoms with E-state index in [0.29, 0.717) is 37.3 Å². The summed E-state index contributed by atoms with van der Waals surface area (Å²) >= 11 is 0. The third-order valence-corrected chi connectivity index (χ3v) is 4.60. The van der Waals surface area contributed by atoms with Crippen LogP contribution in [-0.4, -0.2) is 55.1 Å². The van der Waals surface area contributed by atoms with Crippen molar-refractivity contribution in [3.8, 4) is 11.5 Å². The highest BCUT2D eigenvalue weighted by Gasteiger charge is 2.33. The van der Waals surface area contributed by atoms with Crippen LogP contribution in [0.3, 0.4) is 0 Å². The van der Waals surface area contributed by atoms with Crippen molar-refractivity contribution in [2.75, 3.05) is 27.3 Å². The lowest BCUT2D eigenvalue weighted by atomic mass is 9.90. The monoisotopic (exact) mass is 378 g/mol. The highest BCUT2D eigenvalue weighted by atomic mass is 16.5. The molecule has 8 heteroatoms. The topological polar surface area (TPSA) is 105 Å². The van der Waals surface area contributed by atoms with Gasteiger partial charge in [0.15, 0.2) is 11.5 Å². The lowest BCUT2D eigenvalue weighted by Gasteiger charge is -2.37. The number of carboxylic acids is 1. The second-order valence-corrected chi connectivity index (χ2v) is 6.38. The van der Waals surface area contributed by atoms with Gasteiger partial charge in [-0.1, -0.05) is 6.92 Å². The van der Waals surface area contributed by atoms with Crippen LogP contribution in [-0.2, 0) is 20.8 Å². The molecule has 1 atom stereocenters. The van der Waals surface area contributed by atoms with Crippen molar-refractivity contribution in [2.24, 2.45) is 0 Å². The van der Waals surface area contributed by atoms with Crippen molar-refractivity contribution in [3.63, 3.8) is 0 Å². The number of hydrogen-bond acceptors (Lipinski definition) is 5. The number of fused-ring (bicyclic) bond motifs is 1. The average Bonchev–Trinajstić information content (AvgIpc) is 2.65. The fourth-order valence-electron chi connectivity index (χ4n) is 3.30.